The number of anilines is 2. The van der Waals surface area contributed by atoms with Gasteiger partial charge in [-0.2, -0.15) is 0 Å². The van der Waals surface area contributed by atoms with Crippen LogP contribution in [-0.4, -0.2) is 33.8 Å². The normalized spacial score (nSPS) is 18.2. The minimum absolute atomic E-state index is 0.234. The Morgan fingerprint density at radius 3 is 2.55 bits per heavy atom. The molecule has 0 radical (unpaired) electrons. The van der Waals surface area contributed by atoms with Crippen molar-refractivity contribution in [2.24, 2.45) is 4.99 Å². The molecule has 0 bridgehead atoms. The van der Waals surface area contributed by atoms with Crippen LogP contribution in [0.4, 0.5) is 11.4 Å². The summed E-state index contributed by atoms with van der Waals surface area (Å²) in [4.78, 5) is 14.6. The Kier molecular flexibility index (Phi) is 7.15. The molecular weight excluding hydrogens is 562 g/mol. The molecule has 38 heavy (non-hydrogen) atoms. The number of hydrogen-bond acceptors (Lipinski definition) is 5. The van der Waals surface area contributed by atoms with Crippen LogP contribution in [0.15, 0.2) is 88.6 Å². The minimum atomic E-state index is 0.234. The molecule has 1 saturated carbocycles. The maximum absolute atomic E-state index is 6.24. The summed E-state index contributed by atoms with van der Waals surface area (Å²) in [5, 5.41) is 5.16. The lowest BCUT2D eigenvalue weighted by atomic mass is 9.93. The quantitative estimate of drug-likeness (QED) is 0.215. The Hall–Kier alpha value is -3.26. The third-order valence-corrected chi connectivity index (χ3v) is 7.75. The third-order valence-electron chi connectivity index (χ3n) is 7.06. The van der Waals surface area contributed by atoms with Crippen LogP contribution in [0, 0.1) is 0 Å². The number of halogens is 2. The van der Waals surface area contributed by atoms with Crippen LogP contribution < -0.4 is 10.7 Å². The zero-order chi connectivity index (χ0) is 26.1. The van der Waals surface area contributed by atoms with Gasteiger partial charge in [0.05, 0.1) is 57.5 Å². The first-order chi connectivity index (χ1) is 18.6. The van der Waals surface area contributed by atoms with E-state index in [0.29, 0.717) is 11.1 Å². The van der Waals surface area contributed by atoms with Gasteiger partial charge in [0.1, 0.15) is 0 Å². The van der Waals surface area contributed by atoms with Crippen molar-refractivity contribution in [2.45, 2.75) is 37.8 Å². The molecule has 0 atom stereocenters. The molecule has 0 unspecified atom stereocenters. The molecule has 8 heteroatoms. The molecule has 192 valence electrons. The van der Waals surface area contributed by atoms with Crippen LogP contribution in [0.3, 0.4) is 0 Å². The third kappa shape index (κ3) is 5.19. The number of pyridine rings is 1. The van der Waals surface area contributed by atoms with Crippen molar-refractivity contribution < 1.29 is 4.74 Å². The lowest BCUT2D eigenvalue weighted by Crippen LogP contribution is -2.25. The molecule has 1 fully saturated rings. The summed E-state index contributed by atoms with van der Waals surface area (Å²) >= 11 is 9.77. The average molecular weight is 589 g/mol. The highest BCUT2D eigenvalue weighted by atomic mass is 79.9. The second-order valence-corrected chi connectivity index (χ2v) is 10.9. The predicted octanol–water partition coefficient (Wildman–Crippen LogP) is 7.54. The fourth-order valence-electron chi connectivity index (χ4n) is 5.16. The van der Waals surface area contributed by atoms with Crippen molar-refractivity contribution in [3.05, 3.63) is 94.0 Å². The fourth-order valence-corrected chi connectivity index (χ4v) is 5.65. The number of fused-ring (bicyclic) bond motifs is 2. The molecule has 6 rings (SSSR count). The van der Waals surface area contributed by atoms with Gasteiger partial charge in [-0.25, -0.2) is 4.98 Å². The van der Waals surface area contributed by atoms with Crippen molar-refractivity contribution in [1.29, 1.82) is 0 Å². The SMILES string of the molecule is CO[C@H]1CC[C@H](/N=c2\cc3n(-c4ccc(Cl)cc4)c4ccccc4nc-3cc2Nc2cncc(Br)c2)CC1. The first kappa shape index (κ1) is 25.0. The summed E-state index contributed by atoms with van der Waals surface area (Å²) in [6, 6.07) is 22.6. The standard InChI is InChI=1S/C30H27BrClN5O/c1-38-24-12-8-21(9-13-24)34-27-16-30-28(15-26(27)35-22-14-19(31)17-33-18-22)36-25-4-2-3-5-29(25)37(30)23-10-6-20(32)7-11-23/h2-7,10-11,14-18,21,24,35H,8-9,12-13H2,1H3/b34-27+/t21-,24-. The van der Waals surface area contributed by atoms with Gasteiger partial charge in [0.25, 0.3) is 0 Å². The van der Waals surface area contributed by atoms with Gasteiger partial charge in [0.2, 0.25) is 0 Å². The highest BCUT2D eigenvalue weighted by molar-refractivity contribution is 9.10. The zero-order valence-electron chi connectivity index (χ0n) is 20.9. The van der Waals surface area contributed by atoms with Crippen molar-refractivity contribution >= 4 is 49.9 Å². The number of ether oxygens (including phenoxy) is 1. The number of benzene rings is 3. The molecule has 2 aliphatic carbocycles. The number of nitrogens with zero attached hydrogens (tertiary/aromatic N) is 4. The Bertz CT molecular complexity index is 1630. The number of hydrogen-bond donors (Lipinski definition) is 1. The zero-order valence-corrected chi connectivity index (χ0v) is 23.3. The van der Waals surface area contributed by atoms with Crippen LogP contribution in [-0.2, 0) is 4.74 Å². The van der Waals surface area contributed by atoms with Gasteiger partial charge in [-0.15, -0.1) is 0 Å². The number of methoxy groups -OCH3 is 1. The van der Waals surface area contributed by atoms with Crippen LogP contribution in [0.5, 0.6) is 0 Å². The lowest BCUT2D eigenvalue weighted by molar-refractivity contribution is 0.0663. The average Bonchev–Trinajstić information content (AvgIpc) is 2.93. The van der Waals surface area contributed by atoms with E-state index in [4.69, 9.17) is 26.3 Å². The Balaban J connectivity index is 1.57. The first-order valence-corrected chi connectivity index (χ1v) is 13.9. The van der Waals surface area contributed by atoms with Crippen LogP contribution in [0.25, 0.3) is 28.1 Å². The van der Waals surface area contributed by atoms with Gasteiger partial charge in [-0.3, -0.25) is 9.98 Å². The molecule has 3 aliphatic rings. The summed E-state index contributed by atoms with van der Waals surface area (Å²) in [6.07, 6.45) is 7.95. The van der Waals surface area contributed by atoms with E-state index in [1.165, 1.54) is 0 Å². The molecule has 2 heterocycles. The van der Waals surface area contributed by atoms with Gasteiger partial charge >= 0.3 is 0 Å². The van der Waals surface area contributed by atoms with Gasteiger partial charge < -0.3 is 14.6 Å². The van der Waals surface area contributed by atoms with Gasteiger partial charge in [0, 0.05) is 28.5 Å². The van der Waals surface area contributed by atoms with Crippen LogP contribution in [0.2, 0.25) is 5.02 Å². The Morgan fingerprint density at radius 2 is 1.79 bits per heavy atom. The molecular formula is C30H27BrClN5O. The molecule has 3 aromatic rings. The van der Waals surface area contributed by atoms with Crippen LogP contribution in [0.1, 0.15) is 25.7 Å². The maximum Gasteiger partial charge on any atom is 0.0900 e. The van der Waals surface area contributed by atoms with Crippen molar-refractivity contribution in [1.82, 2.24) is 14.5 Å². The fraction of sp³-hybridized carbons (Fsp3) is 0.233. The minimum Gasteiger partial charge on any atom is -0.381 e. The molecule has 1 aromatic heterocycles. The van der Waals surface area contributed by atoms with Gasteiger partial charge in [0.15, 0.2) is 0 Å². The summed E-state index contributed by atoms with van der Waals surface area (Å²) in [7, 11) is 1.80. The van der Waals surface area contributed by atoms with Crippen molar-refractivity contribution in [3.8, 4) is 17.1 Å². The highest BCUT2D eigenvalue weighted by Gasteiger charge is 2.21. The van der Waals surface area contributed by atoms with E-state index in [0.717, 1.165) is 75.0 Å². The maximum atomic E-state index is 6.24. The topological polar surface area (TPSA) is 64.3 Å². The second kappa shape index (κ2) is 10.8. The number of nitrogens with one attached hydrogen (secondary N) is 1. The van der Waals surface area contributed by atoms with Crippen LogP contribution >= 0.6 is 27.5 Å². The van der Waals surface area contributed by atoms with E-state index in [2.05, 4.69) is 49.0 Å². The number of para-hydroxylation sites is 2. The summed E-state index contributed by atoms with van der Waals surface area (Å²) in [5.41, 5.74) is 6.57. The van der Waals surface area contributed by atoms with E-state index in [1.54, 1.807) is 13.3 Å². The van der Waals surface area contributed by atoms with E-state index >= 15 is 0 Å². The summed E-state index contributed by atoms with van der Waals surface area (Å²) in [6.45, 7) is 0. The van der Waals surface area contributed by atoms with E-state index < -0.39 is 0 Å². The van der Waals surface area contributed by atoms with Crippen molar-refractivity contribution in [3.63, 3.8) is 0 Å². The number of rotatable bonds is 5. The summed E-state index contributed by atoms with van der Waals surface area (Å²) in [5.74, 6) is 0. The largest absolute Gasteiger partial charge is 0.381 e. The predicted molar refractivity (Wildman–Crippen MR) is 157 cm³/mol. The first-order valence-electron chi connectivity index (χ1n) is 12.7. The van der Waals surface area contributed by atoms with Gasteiger partial charge in [-0.05, 0) is 96.2 Å². The lowest BCUT2D eigenvalue weighted by Gasteiger charge is -2.25. The molecule has 1 N–H and O–H groups in total. The van der Waals surface area contributed by atoms with E-state index in [-0.39, 0.29) is 6.04 Å². The molecule has 6 nitrogen and oxygen atoms in total. The number of aromatic nitrogens is 3. The Labute approximate surface area is 234 Å². The van der Waals surface area contributed by atoms with Crippen molar-refractivity contribution in [2.75, 3.05) is 12.4 Å². The molecule has 0 saturated heterocycles. The monoisotopic (exact) mass is 587 g/mol. The second-order valence-electron chi connectivity index (χ2n) is 9.58. The smallest absolute Gasteiger partial charge is 0.0900 e. The molecule has 1 aliphatic heterocycles. The molecule has 2 aromatic carbocycles. The molecule has 0 spiro atoms. The van der Waals surface area contributed by atoms with E-state index in [9.17, 15) is 0 Å². The summed E-state index contributed by atoms with van der Waals surface area (Å²) < 4.78 is 8.73. The van der Waals surface area contributed by atoms with Gasteiger partial charge in [-0.1, -0.05) is 23.7 Å². The highest BCUT2D eigenvalue weighted by Crippen LogP contribution is 2.31. The molecule has 0 amide bonds. The Morgan fingerprint density at radius 1 is 1.00 bits per heavy atom. The van der Waals surface area contributed by atoms with E-state index in [1.807, 2.05) is 54.7 Å².